The molecule has 1 aromatic rings. The Morgan fingerprint density at radius 3 is 2.33 bits per heavy atom. The van der Waals surface area contributed by atoms with Gasteiger partial charge in [-0.2, -0.15) is 0 Å². The van der Waals surface area contributed by atoms with E-state index in [1.54, 1.807) is 0 Å². The molecule has 0 atom stereocenters. The van der Waals surface area contributed by atoms with Crippen LogP contribution in [0.2, 0.25) is 0 Å². The molecule has 2 aliphatic rings. The van der Waals surface area contributed by atoms with E-state index in [1.807, 2.05) is 0 Å². The second-order valence-corrected chi connectivity index (χ2v) is 8.11. The fourth-order valence-corrected chi connectivity index (χ4v) is 2.30. The van der Waals surface area contributed by atoms with E-state index < -0.39 is 20.8 Å². The van der Waals surface area contributed by atoms with Gasteiger partial charge in [-0.05, 0) is 17.5 Å². The van der Waals surface area contributed by atoms with E-state index in [1.165, 1.54) is 16.7 Å². The van der Waals surface area contributed by atoms with E-state index in [9.17, 15) is 0 Å². The minimum absolute atomic E-state index is 0.0982. The molecule has 0 fully saturated rings. The van der Waals surface area contributed by atoms with Crippen LogP contribution in [0.4, 0.5) is 0 Å². The van der Waals surface area contributed by atoms with Crippen molar-refractivity contribution in [3.63, 3.8) is 0 Å². The van der Waals surface area contributed by atoms with Crippen LogP contribution in [-0.4, -0.2) is 0 Å². The maximum atomic E-state index is 4.93. The molecule has 1 aromatic carbocycles. The van der Waals surface area contributed by atoms with E-state index in [4.69, 9.17) is 17.0 Å². The summed E-state index contributed by atoms with van der Waals surface area (Å²) in [6.07, 6.45) is 11.8. The molecule has 0 nitrogen and oxygen atoms in total. The third-order valence-corrected chi connectivity index (χ3v) is 3.26. The van der Waals surface area contributed by atoms with Gasteiger partial charge in [0.05, 0.1) is 0 Å². The van der Waals surface area contributed by atoms with Crippen LogP contribution < -0.4 is 0 Å². The van der Waals surface area contributed by atoms with Gasteiger partial charge in [0.25, 0.3) is 0 Å². The van der Waals surface area contributed by atoms with E-state index >= 15 is 0 Å². The molecular formula is C15H13Cl2Zr-. The zero-order valence-electron chi connectivity index (χ0n) is 9.87. The molecule has 0 radical (unpaired) electrons. The van der Waals surface area contributed by atoms with Gasteiger partial charge in [0.15, 0.2) is 0 Å². The molecular weight excluding hydrogens is 342 g/mol. The van der Waals surface area contributed by atoms with Gasteiger partial charge in [-0.3, -0.25) is 0 Å². The van der Waals surface area contributed by atoms with Gasteiger partial charge in [-0.1, -0.05) is 53.5 Å². The van der Waals surface area contributed by atoms with E-state index in [0.717, 1.165) is 6.42 Å². The topological polar surface area (TPSA) is 0 Å². The summed E-state index contributed by atoms with van der Waals surface area (Å²) in [7, 11) is 9.87. The predicted molar refractivity (Wildman–Crippen MR) is 75.9 cm³/mol. The number of hydrogen-bond acceptors (Lipinski definition) is 0. The molecule has 0 N–H and O–H groups in total. The van der Waals surface area contributed by atoms with Gasteiger partial charge in [0, 0.05) is 0 Å². The first-order chi connectivity index (χ1) is 8.69. The van der Waals surface area contributed by atoms with Crippen LogP contribution in [-0.2, 0) is 27.3 Å². The van der Waals surface area contributed by atoms with Crippen molar-refractivity contribution in [2.75, 3.05) is 0 Å². The van der Waals surface area contributed by atoms with E-state index in [0.29, 0.717) is 0 Å². The molecule has 0 saturated heterocycles. The molecule has 18 heavy (non-hydrogen) atoms. The Morgan fingerprint density at radius 1 is 1.11 bits per heavy atom. The van der Waals surface area contributed by atoms with Crippen molar-refractivity contribution in [1.29, 1.82) is 0 Å². The third kappa shape index (κ3) is 3.07. The summed E-state index contributed by atoms with van der Waals surface area (Å²) >= 11 is -0.826. The number of allylic oxidation sites excluding steroid dienone is 5. The molecule has 3 rings (SSSR count). The van der Waals surface area contributed by atoms with Crippen molar-refractivity contribution in [3.8, 4) is 0 Å². The number of rotatable bonds is 1. The maximum absolute atomic E-state index is 4.93. The first-order valence-corrected chi connectivity index (χ1v) is 12.0. The molecule has 0 heterocycles. The molecule has 0 bridgehead atoms. The van der Waals surface area contributed by atoms with Gasteiger partial charge in [-0.25, -0.2) is 0 Å². The predicted octanol–water partition coefficient (Wildman–Crippen LogP) is 4.95. The van der Waals surface area contributed by atoms with Gasteiger partial charge in [0.1, 0.15) is 0 Å². The Kier molecular flexibility index (Phi) is 5.07. The van der Waals surface area contributed by atoms with E-state index in [2.05, 4.69) is 61.6 Å². The number of fused-ring (bicyclic) bond motifs is 1. The minimum atomic E-state index is -0.826. The van der Waals surface area contributed by atoms with Crippen LogP contribution in [0.3, 0.4) is 0 Å². The summed E-state index contributed by atoms with van der Waals surface area (Å²) in [6, 6.07) is 8.57. The van der Waals surface area contributed by atoms with Gasteiger partial charge >= 0.3 is 37.9 Å². The standard InChI is InChI=1S/C15H13.2ClH.Zr/c1-15(8-4-5-9-15)14-10-12-6-2-3-7-13(12)11-14;;;/h2-10H,1,11H2;2*1H;/q-1;;;+2/p-2. The van der Waals surface area contributed by atoms with Crippen LogP contribution >= 0.6 is 17.0 Å². The SMILES string of the molecule is [CH2-]C1(C2=Cc3ccccc3C2)C=CC=C1.[Cl][Zr][Cl]. The Bertz CT molecular complexity index is 503. The quantitative estimate of drug-likeness (QED) is 0.626. The molecule has 0 aromatic heterocycles. The summed E-state index contributed by atoms with van der Waals surface area (Å²) in [4.78, 5) is 0. The van der Waals surface area contributed by atoms with Crippen molar-refractivity contribution >= 4 is 23.1 Å². The van der Waals surface area contributed by atoms with Crippen LogP contribution in [0.15, 0.2) is 54.1 Å². The van der Waals surface area contributed by atoms with Crippen LogP contribution in [0, 0.1) is 12.3 Å². The summed E-state index contributed by atoms with van der Waals surface area (Å²) in [5.74, 6) is 0. The molecule has 92 valence electrons. The second-order valence-electron chi connectivity index (χ2n) is 4.38. The number of benzene rings is 1. The summed E-state index contributed by atoms with van der Waals surface area (Å²) < 4.78 is 0. The Hall–Kier alpha value is -0.0969. The van der Waals surface area contributed by atoms with Gasteiger partial charge in [0.2, 0.25) is 0 Å². The Balaban J connectivity index is 0.000000367. The zero-order valence-corrected chi connectivity index (χ0v) is 13.8. The van der Waals surface area contributed by atoms with Gasteiger partial charge < -0.3 is 6.92 Å². The molecule has 0 spiro atoms. The fourth-order valence-electron chi connectivity index (χ4n) is 2.30. The van der Waals surface area contributed by atoms with Crippen molar-refractivity contribution < 1.29 is 20.8 Å². The first-order valence-electron chi connectivity index (χ1n) is 5.67. The number of halogens is 2. The Labute approximate surface area is 127 Å². The van der Waals surface area contributed by atoms with Crippen molar-refractivity contribution in [3.05, 3.63) is 72.2 Å². The number of hydrogen-bond donors (Lipinski definition) is 0. The fraction of sp³-hybridized carbons (Fsp3) is 0.133. The molecule has 0 saturated carbocycles. The zero-order chi connectivity index (χ0) is 13.0. The molecule has 0 amide bonds. The van der Waals surface area contributed by atoms with Crippen molar-refractivity contribution in [1.82, 2.24) is 0 Å². The van der Waals surface area contributed by atoms with E-state index in [-0.39, 0.29) is 5.41 Å². The molecule has 2 aliphatic carbocycles. The molecule has 0 unspecified atom stereocenters. The third-order valence-electron chi connectivity index (χ3n) is 3.26. The van der Waals surface area contributed by atoms with Crippen molar-refractivity contribution in [2.45, 2.75) is 6.42 Å². The van der Waals surface area contributed by atoms with Gasteiger partial charge in [-0.15, -0.1) is 12.2 Å². The van der Waals surface area contributed by atoms with Crippen LogP contribution in [0.1, 0.15) is 11.1 Å². The second kappa shape index (κ2) is 6.37. The monoisotopic (exact) mass is 353 g/mol. The first kappa shape index (κ1) is 14.3. The summed E-state index contributed by atoms with van der Waals surface area (Å²) in [6.45, 7) is 4.29. The average molecular weight is 355 g/mol. The Morgan fingerprint density at radius 2 is 1.72 bits per heavy atom. The molecule has 3 heteroatoms. The average Bonchev–Trinajstić information content (AvgIpc) is 2.96. The summed E-state index contributed by atoms with van der Waals surface area (Å²) in [5, 5.41) is 0. The van der Waals surface area contributed by atoms with Crippen molar-refractivity contribution in [2.24, 2.45) is 5.41 Å². The molecule has 0 aliphatic heterocycles. The van der Waals surface area contributed by atoms with Crippen LogP contribution in [0.25, 0.3) is 6.08 Å². The normalized spacial score (nSPS) is 17.8. The summed E-state index contributed by atoms with van der Waals surface area (Å²) in [5.41, 5.74) is 4.07. The van der Waals surface area contributed by atoms with Crippen LogP contribution in [0.5, 0.6) is 0 Å².